The summed E-state index contributed by atoms with van der Waals surface area (Å²) in [6, 6.07) is 11.4. The van der Waals surface area contributed by atoms with E-state index < -0.39 is 0 Å². The zero-order chi connectivity index (χ0) is 15.2. The number of aromatic nitrogens is 2. The number of nitrogens with one attached hydrogen (secondary N) is 1. The molecule has 1 saturated carbocycles. The van der Waals surface area contributed by atoms with Crippen molar-refractivity contribution in [2.45, 2.75) is 44.7 Å². The molecule has 0 atom stereocenters. The van der Waals surface area contributed by atoms with Gasteiger partial charge in [0.1, 0.15) is 18.0 Å². The molecule has 1 N–H and O–H groups in total. The van der Waals surface area contributed by atoms with Crippen molar-refractivity contribution in [3.63, 3.8) is 0 Å². The van der Waals surface area contributed by atoms with Crippen LogP contribution in [-0.2, 0) is 12.0 Å². The number of hydrogen-bond donors (Lipinski definition) is 1. The molecule has 0 bridgehead atoms. The normalized spacial score (nSPS) is 19.6. The van der Waals surface area contributed by atoms with Gasteiger partial charge in [0.2, 0.25) is 0 Å². The third-order valence-electron chi connectivity index (χ3n) is 4.60. The van der Waals surface area contributed by atoms with Gasteiger partial charge < -0.3 is 10.2 Å². The third-order valence-corrected chi connectivity index (χ3v) is 4.60. The fourth-order valence-corrected chi connectivity index (χ4v) is 3.34. The summed E-state index contributed by atoms with van der Waals surface area (Å²) in [7, 11) is 0. The molecule has 114 valence electrons. The predicted octanol–water partition coefficient (Wildman–Crippen LogP) is 3.35. The highest BCUT2D eigenvalue weighted by atomic mass is 15.2. The van der Waals surface area contributed by atoms with Gasteiger partial charge in [-0.2, -0.15) is 0 Å². The van der Waals surface area contributed by atoms with Crippen molar-refractivity contribution in [2.75, 3.05) is 16.8 Å². The Morgan fingerprint density at radius 3 is 2.82 bits per heavy atom. The summed E-state index contributed by atoms with van der Waals surface area (Å²) in [5.41, 5.74) is 2.98. The summed E-state index contributed by atoms with van der Waals surface area (Å²) in [5.74, 6) is 1.96. The Morgan fingerprint density at radius 1 is 1.18 bits per heavy atom. The van der Waals surface area contributed by atoms with Crippen molar-refractivity contribution in [3.8, 4) is 0 Å². The van der Waals surface area contributed by atoms with Gasteiger partial charge in [0.25, 0.3) is 0 Å². The fraction of sp³-hybridized carbons (Fsp3) is 0.444. The van der Waals surface area contributed by atoms with Gasteiger partial charge in [-0.3, -0.25) is 0 Å². The molecule has 2 aliphatic rings. The van der Waals surface area contributed by atoms with E-state index in [1.165, 1.54) is 24.0 Å². The van der Waals surface area contributed by atoms with Crippen molar-refractivity contribution in [1.29, 1.82) is 0 Å². The van der Waals surface area contributed by atoms with Gasteiger partial charge >= 0.3 is 0 Å². The van der Waals surface area contributed by atoms with E-state index in [1.807, 2.05) is 0 Å². The quantitative estimate of drug-likeness (QED) is 0.942. The largest absolute Gasteiger partial charge is 0.367 e. The average Bonchev–Trinajstić information content (AvgIpc) is 3.31. The van der Waals surface area contributed by atoms with E-state index in [0.29, 0.717) is 6.04 Å². The van der Waals surface area contributed by atoms with E-state index >= 15 is 0 Å². The molecule has 4 rings (SSSR count). The number of nitrogens with zero attached hydrogens (tertiary/aromatic N) is 3. The molecule has 22 heavy (non-hydrogen) atoms. The van der Waals surface area contributed by atoms with E-state index in [0.717, 1.165) is 24.7 Å². The van der Waals surface area contributed by atoms with Gasteiger partial charge in [-0.15, -0.1) is 0 Å². The van der Waals surface area contributed by atoms with Crippen molar-refractivity contribution in [3.05, 3.63) is 47.8 Å². The molecule has 0 unspecified atom stereocenters. The number of anilines is 2. The molecule has 1 aromatic carbocycles. The first-order valence-electron chi connectivity index (χ1n) is 8.04. The Bertz CT molecular complexity index is 691. The Kier molecular flexibility index (Phi) is 3.06. The zero-order valence-electron chi connectivity index (χ0n) is 13.2. The maximum atomic E-state index is 4.50. The molecule has 1 aromatic heterocycles. The summed E-state index contributed by atoms with van der Waals surface area (Å²) >= 11 is 0. The minimum absolute atomic E-state index is 0.129. The lowest BCUT2D eigenvalue weighted by atomic mass is 9.78. The van der Waals surface area contributed by atoms with Crippen LogP contribution in [0.25, 0.3) is 0 Å². The summed E-state index contributed by atoms with van der Waals surface area (Å²) in [5, 5.41) is 3.46. The molecule has 2 aromatic rings. The van der Waals surface area contributed by atoms with Crippen LogP contribution in [0.3, 0.4) is 0 Å². The Hall–Kier alpha value is -2.10. The van der Waals surface area contributed by atoms with Crippen molar-refractivity contribution < 1.29 is 0 Å². The molecular formula is C18H22N4. The maximum absolute atomic E-state index is 4.50. The van der Waals surface area contributed by atoms with Crippen LogP contribution in [0.1, 0.15) is 37.8 Å². The first-order chi connectivity index (χ1) is 10.6. The minimum atomic E-state index is 0.129. The second-order valence-electron chi connectivity index (χ2n) is 7.08. The maximum Gasteiger partial charge on any atom is 0.134 e. The third kappa shape index (κ3) is 2.54. The second-order valence-corrected chi connectivity index (χ2v) is 7.08. The highest BCUT2D eigenvalue weighted by molar-refractivity contribution is 5.53. The van der Waals surface area contributed by atoms with E-state index in [9.17, 15) is 0 Å². The van der Waals surface area contributed by atoms with E-state index in [1.54, 1.807) is 6.33 Å². The van der Waals surface area contributed by atoms with Crippen LogP contribution < -0.4 is 10.2 Å². The number of fused-ring (bicyclic) bond motifs is 1. The fourth-order valence-electron chi connectivity index (χ4n) is 3.34. The second kappa shape index (κ2) is 4.97. The molecular weight excluding hydrogens is 272 g/mol. The average molecular weight is 294 g/mol. The summed E-state index contributed by atoms with van der Waals surface area (Å²) in [6.07, 6.45) is 4.18. The lowest BCUT2D eigenvalue weighted by Gasteiger charge is -2.40. The van der Waals surface area contributed by atoms with Crippen LogP contribution in [-0.4, -0.2) is 22.6 Å². The molecule has 4 nitrogen and oxygen atoms in total. The molecule has 0 radical (unpaired) electrons. The summed E-state index contributed by atoms with van der Waals surface area (Å²) in [6.45, 7) is 6.51. The van der Waals surface area contributed by atoms with Gasteiger partial charge in [-0.25, -0.2) is 9.97 Å². The predicted molar refractivity (Wildman–Crippen MR) is 89.2 cm³/mol. The van der Waals surface area contributed by atoms with Gasteiger partial charge in [0.15, 0.2) is 0 Å². The van der Waals surface area contributed by atoms with Gasteiger partial charge in [-0.05, 0) is 24.0 Å². The van der Waals surface area contributed by atoms with Crippen molar-refractivity contribution in [1.82, 2.24) is 9.97 Å². The standard InChI is InChI=1S/C18H22N4/c1-18(2)11-22(10-13-5-3-4-6-15(13)18)17-9-16(19-12-20-17)21-14-7-8-14/h3-6,9,12,14H,7-8,10-11H2,1-2H3,(H,19,20,21). The molecule has 0 spiro atoms. The first-order valence-corrected chi connectivity index (χ1v) is 8.04. The lowest BCUT2D eigenvalue weighted by molar-refractivity contribution is 0.474. The van der Waals surface area contributed by atoms with Crippen LogP contribution in [0.2, 0.25) is 0 Å². The van der Waals surface area contributed by atoms with E-state index in [4.69, 9.17) is 0 Å². The number of hydrogen-bond acceptors (Lipinski definition) is 4. The molecule has 4 heteroatoms. The molecule has 0 amide bonds. The highest BCUT2D eigenvalue weighted by Gasteiger charge is 2.32. The molecule has 2 heterocycles. The molecule has 1 fully saturated rings. The monoisotopic (exact) mass is 294 g/mol. The Morgan fingerprint density at radius 2 is 2.00 bits per heavy atom. The van der Waals surface area contributed by atoms with Crippen LogP contribution in [0, 0.1) is 0 Å². The zero-order valence-corrected chi connectivity index (χ0v) is 13.2. The molecule has 1 aliphatic carbocycles. The summed E-state index contributed by atoms with van der Waals surface area (Å²) < 4.78 is 0. The molecule has 1 aliphatic heterocycles. The van der Waals surface area contributed by atoms with Crippen LogP contribution in [0.5, 0.6) is 0 Å². The number of benzene rings is 1. The van der Waals surface area contributed by atoms with Crippen molar-refractivity contribution >= 4 is 11.6 Å². The Labute approximate surface area is 131 Å². The van der Waals surface area contributed by atoms with Crippen molar-refractivity contribution in [2.24, 2.45) is 0 Å². The lowest BCUT2D eigenvalue weighted by Crippen LogP contribution is -2.42. The smallest absolute Gasteiger partial charge is 0.134 e. The van der Waals surface area contributed by atoms with E-state index in [-0.39, 0.29) is 5.41 Å². The Balaban J connectivity index is 1.63. The SMILES string of the molecule is CC1(C)CN(c2cc(NC3CC3)ncn2)Cc2ccccc21. The van der Waals surface area contributed by atoms with Gasteiger partial charge in [0.05, 0.1) is 0 Å². The summed E-state index contributed by atoms with van der Waals surface area (Å²) in [4.78, 5) is 11.2. The highest BCUT2D eigenvalue weighted by Crippen LogP contribution is 2.35. The first kappa shape index (κ1) is 13.6. The molecule has 0 saturated heterocycles. The van der Waals surface area contributed by atoms with Gasteiger partial charge in [-0.1, -0.05) is 38.1 Å². The minimum Gasteiger partial charge on any atom is -0.367 e. The topological polar surface area (TPSA) is 41.0 Å². The van der Waals surface area contributed by atoms with Gasteiger partial charge in [0, 0.05) is 30.6 Å². The van der Waals surface area contributed by atoms with Crippen LogP contribution in [0.4, 0.5) is 11.6 Å². The number of rotatable bonds is 3. The van der Waals surface area contributed by atoms with E-state index in [2.05, 4.69) is 64.4 Å². The van der Waals surface area contributed by atoms with Crippen LogP contribution in [0.15, 0.2) is 36.7 Å². The van der Waals surface area contributed by atoms with Crippen LogP contribution >= 0.6 is 0 Å².